The number of hydrogen-bond donors (Lipinski definition) is 2. The van der Waals surface area contributed by atoms with Crippen LogP contribution in [0.15, 0.2) is 75.1 Å². The summed E-state index contributed by atoms with van der Waals surface area (Å²) in [5, 5.41) is 9.85. The first kappa shape index (κ1) is 28.0. The van der Waals surface area contributed by atoms with Crippen molar-refractivity contribution in [3.05, 3.63) is 66.2 Å². The van der Waals surface area contributed by atoms with Gasteiger partial charge in [0.15, 0.2) is 10.2 Å². The van der Waals surface area contributed by atoms with Crippen LogP contribution in [0.1, 0.15) is 5.56 Å². The molecule has 40 heavy (non-hydrogen) atoms. The molecular formula is C24H22BFN6O5S3. The van der Waals surface area contributed by atoms with Crippen molar-refractivity contribution in [2.75, 3.05) is 18.1 Å². The van der Waals surface area contributed by atoms with Gasteiger partial charge in [-0.05, 0) is 43.3 Å². The number of nitrogens with one attached hydrogen (secondary N) is 1. The second-order valence-electron chi connectivity index (χ2n) is 9.07. The number of aromatic amines is 1. The SMILES string of the molecule is CB(O)N(C)c1cc(F)cc2c1[nH]c1nc(Sc3cnc(S(C)(=O)=O)nc3)nc(S(=O)(=O)Cc3ccccc3)c12. The number of nitrogens with zero attached hydrogens (tertiary/aromatic N) is 5. The third kappa shape index (κ3) is 5.52. The first-order valence-corrected chi connectivity index (χ1v) is 16.1. The summed E-state index contributed by atoms with van der Waals surface area (Å²) in [5.41, 5.74) is 1.34. The highest BCUT2D eigenvalue weighted by Gasteiger charge is 2.27. The maximum Gasteiger partial charge on any atom is 0.409 e. The molecule has 0 aliphatic rings. The molecule has 0 spiro atoms. The van der Waals surface area contributed by atoms with E-state index in [1.807, 2.05) is 0 Å². The zero-order valence-corrected chi connectivity index (χ0v) is 23.8. The van der Waals surface area contributed by atoms with E-state index in [0.29, 0.717) is 21.7 Å². The third-order valence-corrected chi connectivity index (χ3v) is 9.31. The van der Waals surface area contributed by atoms with E-state index < -0.39 is 32.5 Å². The fourth-order valence-corrected chi connectivity index (χ4v) is 6.81. The van der Waals surface area contributed by atoms with Gasteiger partial charge >= 0.3 is 7.05 Å². The third-order valence-electron chi connectivity index (χ3n) is 6.03. The Bertz CT molecular complexity index is 1950. The lowest BCUT2D eigenvalue weighted by molar-refractivity contribution is 0.575. The highest BCUT2D eigenvalue weighted by atomic mass is 32.2. The van der Waals surface area contributed by atoms with Crippen molar-refractivity contribution in [2.24, 2.45) is 0 Å². The summed E-state index contributed by atoms with van der Waals surface area (Å²) in [6.45, 7) is 1.51. The number of halogens is 1. The molecule has 2 N–H and O–H groups in total. The van der Waals surface area contributed by atoms with Gasteiger partial charge < -0.3 is 14.8 Å². The minimum atomic E-state index is -4.08. The Balaban J connectivity index is 1.73. The topological polar surface area (TPSA) is 159 Å². The van der Waals surface area contributed by atoms with Crippen LogP contribution in [0.4, 0.5) is 10.1 Å². The maximum atomic E-state index is 14.8. The number of benzene rings is 2. The quantitative estimate of drug-likeness (QED) is 0.153. The van der Waals surface area contributed by atoms with Gasteiger partial charge in [0.1, 0.15) is 11.5 Å². The van der Waals surface area contributed by atoms with Crippen LogP contribution >= 0.6 is 11.8 Å². The van der Waals surface area contributed by atoms with E-state index in [2.05, 4.69) is 24.9 Å². The van der Waals surface area contributed by atoms with Crippen molar-refractivity contribution in [3.8, 4) is 0 Å². The van der Waals surface area contributed by atoms with Crippen LogP contribution in [0, 0.1) is 5.82 Å². The van der Waals surface area contributed by atoms with Crippen LogP contribution in [-0.2, 0) is 25.4 Å². The molecule has 0 bridgehead atoms. The molecular weight excluding hydrogens is 578 g/mol. The molecule has 16 heteroatoms. The van der Waals surface area contributed by atoms with Gasteiger partial charge in [-0.1, -0.05) is 30.3 Å². The second-order valence-corrected chi connectivity index (χ2v) is 13.9. The van der Waals surface area contributed by atoms with E-state index >= 15 is 0 Å². The van der Waals surface area contributed by atoms with Gasteiger partial charge in [0.2, 0.25) is 24.8 Å². The molecule has 11 nitrogen and oxygen atoms in total. The Kier molecular flexibility index (Phi) is 7.28. The average molecular weight is 600 g/mol. The van der Waals surface area contributed by atoms with Gasteiger partial charge in [0, 0.05) is 24.0 Å². The van der Waals surface area contributed by atoms with Crippen molar-refractivity contribution in [2.45, 2.75) is 32.8 Å². The number of aromatic nitrogens is 5. The molecule has 5 rings (SSSR count). The zero-order valence-electron chi connectivity index (χ0n) is 21.4. The Morgan fingerprint density at radius 2 is 1.75 bits per heavy atom. The molecule has 5 aromatic rings. The molecule has 0 unspecified atom stereocenters. The molecule has 0 amide bonds. The molecule has 0 aliphatic heterocycles. The molecule has 206 valence electrons. The van der Waals surface area contributed by atoms with E-state index in [4.69, 9.17) is 0 Å². The lowest BCUT2D eigenvalue weighted by Crippen LogP contribution is -2.33. The minimum absolute atomic E-state index is 0.0206. The molecule has 2 aromatic carbocycles. The van der Waals surface area contributed by atoms with E-state index in [1.165, 1.54) is 36.2 Å². The molecule has 0 saturated carbocycles. The summed E-state index contributed by atoms with van der Waals surface area (Å²) in [6, 6.07) is 11.0. The van der Waals surface area contributed by atoms with Crippen LogP contribution in [-0.4, -0.2) is 67.1 Å². The smallest absolute Gasteiger partial charge is 0.409 e. The molecule has 3 aromatic heterocycles. The van der Waals surface area contributed by atoms with Crippen LogP contribution < -0.4 is 4.81 Å². The first-order chi connectivity index (χ1) is 18.8. The number of fused-ring (bicyclic) bond motifs is 3. The largest absolute Gasteiger partial charge is 0.432 e. The van der Waals surface area contributed by atoms with Crippen LogP contribution in [0.25, 0.3) is 21.9 Å². The first-order valence-electron chi connectivity index (χ1n) is 11.7. The highest BCUT2D eigenvalue weighted by Crippen LogP contribution is 2.38. The average Bonchev–Trinajstić information content (AvgIpc) is 3.25. The number of hydrogen-bond acceptors (Lipinski definition) is 11. The van der Waals surface area contributed by atoms with Crippen molar-refractivity contribution < 1.29 is 26.3 Å². The Labute approximate surface area is 233 Å². The minimum Gasteiger partial charge on any atom is -0.432 e. The van der Waals surface area contributed by atoms with Gasteiger partial charge in [-0.25, -0.2) is 41.2 Å². The van der Waals surface area contributed by atoms with E-state index in [9.17, 15) is 26.3 Å². The maximum absolute atomic E-state index is 14.8. The summed E-state index contributed by atoms with van der Waals surface area (Å²) < 4.78 is 65.8. The lowest BCUT2D eigenvalue weighted by Gasteiger charge is -2.20. The second kappa shape index (κ2) is 10.4. The number of H-pyrrole nitrogens is 1. The summed E-state index contributed by atoms with van der Waals surface area (Å²) in [5.74, 6) is -0.998. The van der Waals surface area contributed by atoms with Crippen molar-refractivity contribution in [3.63, 3.8) is 0 Å². The molecule has 0 radical (unpaired) electrons. The predicted molar refractivity (Wildman–Crippen MR) is 150 cm³/mol. The highest BCUT2D eigenvalue weighted by molar-refractivity contribution is 7.99. The lowest BCUT2D eigenvalue weighted by atomic mass is 9.85. The summed E-state index contributed by atoms with van der Waals surface area (Å²) in [4.78, 5) is 21.5. The fraction of sp³-hybridized carbons (Fsp3) is 0.167. The number of sulfone groups is 2. The van der Waals surface area contributed by atoms with Gasteiger partial charge in [0.25, 0.3) is 0 Å². The van der Waals surface area contributed by atoms with Crippen molar-refractivity contribution >= 4 is 66.1 Å². The van der Waals surface area contributed by atoms with Gasteiger partial charge in [0.05, 0.1) is 27.2 Å². The van der Waals surface area contributed by atoms with Gasteiger partial charge in [-0.3, -0.25) is 0 Å². The summed E-state index contributed by atoms with van der Waals surface area (Å²) >= 11 is 0.936. The molecule has 0 saturated heterocycles. The van der Waals surface area contributed by atoms with E-state index in [1.54, 1.807) is 37.4 Å². The monoisotopic (exact) mass is 600 g/mol. The summed E-state index contributed by atoms with van der Waals surface area (Å²) in [6.07, 6.45) is 3.53. The molecule has 0 aliphatic carbocycles. The molecule has 0 atom stereocenters. The number of anilines is 1. The van der Waals surface area contributed by atoms with Crippen LogP contribution in [0.2, 0.25) is 6.82 Å². The predicted octanol–water partition coefficient (Wildman–Crippen LogP) is 3.12. The molecule has 3 heterocycles. The molecule has 0 fully saturated rings. The summed E-state index contributed by atoms with van der Waals surface area (Å²) in [7, 11) is -7.09. The fourth-order valence-electron chi connectivity index (χ4n) is 4.06. The number of rotatable bonds is 8. The van der Waals surface area contributed by atoms with Crippen molar-refractivity contribution in [1.82, 2.24) is 24.9 Å². The van der Waals surface area contributed by atoms with Crippen molar-refractivity contribution in [1.29, 1.82) is 0 Å². The van der Waals surface area contributed by atoms with E-state index in [0.717, 1.165) is 18.0 Å². The Morgan fingerprint density at radius 1 is 1.07 bits per heavy atom. The van der Waals surface area contributed by atoms with Crippen LogP contribution in [0.5, 0.6) is 0 Å². The zero-order chi connectivity index (χ0) is 28.8. The van der Waals surface area contributed by atoms with Gasteiger partial charge in [-0.15, -0.1) is 0 Å². The normalized spacial score (nSPS) is 12.2. The Hall–Kier alpha value is -3.60. The Morgan fingerprint density at radius 3 is 2.38 bits per heavy atom. The van der Waals surface area contributed by atoms with Crippen LogP contribution in [0.3, 0.4) is 0 Å². The van der Waals surface area contributed by atoms with E-state index in [-0.39, 0.29) is 37.5 Å². The standard InChI is InChI=1S/C24H22BFN6O5S3/c1-25(33)32(2)18-10-15(26)9-17-19-21(29-20(17)18)30-23(38-16-11-27-24(28-12-16)39(3,34)35)31-22(19)40(36,37)13-14-7-5-4-6-8-14/h4-12,33H,13H2,1-3H3,(H,29,30,31). The van der Waals surface area contributed by atoms with Gasteiger partial charge in [-0.2, -0.15) is 0 Å².